The smallest absolute Gasteiger partial charge is 0.308 e. The van der Waals surface area contributed by atoms with Crippen LogP contribution in [0.2, 0.25) is 0 Å². The highest BCUT2D eigenvalue weighted by molar-refractivity contribution is 5.78. The van der Waals surface area contributed by atoms with E-state index in [-0.39, 0.29) is 11.9 Å². The molecule has 0 spiro atoms. The van der Waals surface area contributed by atoms with Crippen LogP contribution >= 0.6 is 0 Å². The SMILES string of the molecule is CC(N)CCC(=O)N1CCC[C@@H](C(=O)O)C1. The van der Waals surface area contributed by atoms with Gasteiger partial charge in [0.25, 0.3) is 0 Å². The van der Waals surface area contributed by atoms with E-state index >= 15 is 0 Å². The molecular formula is C11H20N2O3. The van der Waals surface area contributed by atoms with Crippen molar-refractivity contribution in [2.24, 2.45) is 11.7 Å². The molecule has 92 valence electrons. The number of nitrogens with zero attached hydrogens (tertiary/aromatic N) is 1. The van der Waals surface area contributed by atoms with Crippen LogP contribution in [0.25, 0.3) is 0 Å². The number of carbonyl (C=O) groups is 2. The van der Waals surface area contributed by atoms with Crippen molar-refractivity contribution >= 4 is 11.9 Å². The van der Waals surface area contributed by atoms with E-state index in [1.54, 1.807) is 4.90 Å². The lowest BCUT2D eigenvalue weighted by molar-refractivity contribution is -0.145. The standard InChI is InChI=1S/C11H20N2O3/c1-8(12)4-5-10(14)13-6-2-3-9(7-13)11(15)16/h8-9H,2-7,12H2,1H3,(H,15,16)/t8?,9-/m1/s1. The Morgan fingerprint density at radius 3 is 2.81 bits per heavy atom. The van der Waals surface area contributed by atoms with Crippen molar-refractivity contribution in [2.75, 3.05) is 13.1 Å². The third-order valence-electron chi connectivity index (χ3n) is 2.94. The number of nitrogens with two attached hydrogens (primary N) is 1. The van der Waals surface area contributed by atoms with Gasteiger partial charge in [0.05, 0.1) is 5.92 Å². The number of hydrogen-bond acceptors (Lipinski definition) is 3. The van der Waals surface area contributed by atoms with E-state index in [4.69, 9.17) is 10.8 Å². The molecule has 1 aliphatic heterocycles. The molecule has 1 aliphatic rings. The van der Waals surface area contributed by atoms with Crippen LogP contribution < -0.4 is 5.73 Å². The second kappa shape index (κ2) is 5.84. The summed E-state index contributed by atoms with van der Waals surface area (Å²) in [6.07, 6.45) is 2.53. The predicted molar refractivity (Wildman–Crippen MR) is 59.8 cm³/mol. The lowest BCUT2D eigenvalue weighted by Gasteiger charge is -2.30. The molecule has 3 N–H and O–H groups in total. The summed E-state index contributed by atoms with van der Waals surface area (Å²) in [7, 11) is 0. The molecule has 1 unspecified atom stereocenters. The van der Waals surface area contributed by atoms with Gasteiger partial charge in [-0.3, -0.25) is 9.59 Å². The van der Waals surface area contributed by atoms with Crippen molar-refractivity contribution in [3.05, 3.63) is 0 Å². The van der Waals surface area contributed by atoms with E-state index in [0.717, 1.165) is 6.42 Å². The highest BCUT2D eigenvalue weighted by Gasteiger charge is 2.27. The summed E-state index contributed by atoms with van der Waals surface area (Å²) < 4.78 is 0. The molecule has 1 heterocycles. The van der Waals surface area contributed by atoms with E-state index in [2.05, 4.69) is 0 Å². The van der Waals surface area contributed by atoms with Crippen molar-refractivity contribution in [1.29, 1.82) is 0 Å². The molecule has 2 atom stereocenters. The van der Waals surface area contributed by atoms with Gasteiger partial charge in [-0.25, -0.2) is 0 Å². The molecule has 1 fully saturated rings. The van der Waals surface area contributed by atoms with Crippen LogP contribution in [0, 0.1) is 5.92 Å². The summed E-state index contributed by atoms with van der Waals surface area (Å²) in [5, 5.41) is 8.90. The Morgan fingerprint density at radius 1 is 1.56 bits per heavy atom. The van der Waals surface area contributed by atoms with Crippen molar-refractivity contribution in [2.45, 2.75) is 38.6 Å². The monoisotopic (exact) mass is 228 g/mol. The second-order valence-corrected chi connectivity index (χ2v) is 4.53. The molecular weight excluding hydrogens is 208 g/mol. The number of rotatable bonds is 4. The first kappa shape index (κ1) is 13.0. The molecule has 1 saturated heterocycles. The molecule has 16 heavy (non-hydrogen) atoms. The van der Waals surface area contributed by atoms with E-state index in [0.29, 0.717) is 32.4 Å². The molecule has 0 radical (unpaired) electrons. The topological polar surface area (TPSA) is 83.6 Å². The molecule has 0 aromatic rings. The Labute approximate surface area is 95.6 Å². The molecule has 0 aromatic heterocycles. The molecule has 0 aliphatic carbocycles. The van der Waals surface area contributed by atoms with Crippen LogP contribution in [-0.2, 0) is 9.59 Å². The van der Waals surface area contributed by atoms with E-state index in [1.165, 1.54) is 0 Å². The molecule has 1 amide bonds. The number of carbonyl (C=O) groups excluding carboxylic acids is 1. The number of hydrogen-bond donors (Lipinski definition) is 2. The third-order valence-corrected chi connectivity index (χ3v) is 2.94. The van der Waals surface area contributed by atoms with Gasteiger partial charge in [0.1, 0.15) is 0 Å². The van der Waals surface area contributed by atoms with Crippen LogP contribution in [0.15, 0.2) is 0 Å². The largest absolute Gasteiger partial charge is 0.481 e. The molecule has 0 bridgehead atoms. The first-order valence-corrected chi connectivity index (χ1v) is 5.77. The number of carboxylic acid groups (broad SMARTS) is 1. The Hall–Kier alpha value is -1.10. The highest BCUT2D eigenvalue weighted by atomic mass is 16.4. The maximum atomic E-state index is 11.7. The third kappa shape index (κ3) is 3.81. The van der Waals surface area contributed by atoms with Gasteiger partial charge in [-0.2, -0.15) is 0 Å². The fourth-order valence-electron chi connectivity index (χ4n) is 1.91. The van der Waals surface area contributed by atoms with Crippen LogP contribution in [0.4, 0.5) is 0 Å². The molecule has 5 nitrogen and oxygen atoms in total. The summed E-state index contributed by atoms with van der Waals surface area (Å²) in [6, 6.07) is 0.0176. The number of piperidine rings is 1. The number of carboxylic acids is 1. The van der Waals surface area contributed by atoms with Crippen LogP contribution in [-0.4, -0.2) is 41.0 Å². The summed E-state index contributed by atoms with van der Waals surface area (Å²) >= 11 is 0. The van der Waals surface area contributed by atoms with Gasteiger partial charge in [0.2, 0.25) is 5.91 Å². The number of amides is 1. The predicted octanol–water partition coefficient (Wildman–Crippen LogP) is 0.437. The zero-order valence-electron chi connectivity index (χ0n) is 9.69. The van der Waals surface area contributed by atoms with E-state index in [1.807, 2.05) is 6.92 Å². The van der Waals surface area contributed by atoms with Gasteiger partial charge < -0.3 is 15.7 Å². The molecule has 1 rings (SSSR count). The number of aliphatic carboxylic acids is 1. The quantitative estimate of drug-likeness (QED) is 0.731. The van der Waals surface area contributed by atoms with Crippen molar-refractivity contribution in [3.8, 4) is 0 Å². The zero-order valence-corrected chi connectivity index (χ0v) is 9.69. The van der Waals surface area contributed by atoms with Gasteiger partial charge in [-0.05, 0) is 26.2 Å². The Kier molecular flexibility index (Phi) is 4.73. The lowest BCUT2D eigenvalue weighted by atomic mass is 9.98. The Bertz CT molecular complexity index is 266. The summed E-state index contributed by atoms with van der Waals surface area (Å²) in [5.74, 6) is -1.17. The number of likely N-dealkylation sites (tertiary alicyclic amines) is 1. The average Bonchev–Trinajstić information content (AvgIpc) is 2.26. The zero-order chi connectivity index (χ0) is 12.1. The van der Waals surface area contributed by atoms with E-state index < -0.39 is 11.9 Å². The summed E-state index contributed by atoms with van der Waals surface area (Å²) in [5.41, 5.74) is 5.58. The molecule has 5 heteroatoms. The van der Waals surface area contributed by atoms with Gasteiger partial charge in [0, 0.05) is 25.6 Å². The van der Waals surface area contributed by atoms with Crippen molar-refractivity contribution in [1.82, 2.24) is 4.90 Å². The fourth-order valence-corrected chi connectivity index (χ4v) is 1.91. The van der Waals surface area contributed by atoms with Crippen LogP contribution in [0.3, 0.4) is 0 Å². The van der Waals surface area contributed by atoms with Crippen LogP contribution in [0.5, 0.6) is 0 Å². The maximum Gasteiger partial charge on any atom is 0.308 e. The van der Waals surface area contributed by atoms with E-state index in [9.17, 15) is 9.59 Å². The Balaban J connectivity index is 2.41. The first-order chi connectivity index (χ1) is 7.50. The van der Waals surface area contributed by atoms with Crippen LogP contribution in [0.1, 0.15) is 32.6 Å². The minimum atomic E-state index is -0.801. The summed E-state index contributed by atoms with van der Waals surface area (Å²) in [6.45, 7) is 2.90. The first-order valence-electron chi connectivity index (χ1n) is 5.77. The van der Waals surface area contributed by atoms with Gasteiger partial charge >= 0.3 is 5.97 Å². The highest BCUT2D eigenvalue weighted by Crippen LogP contribution is 2.17. The van der Waals surface area contributed by atoms with Crippen molar-refractivity contribution in [3.63, 3.8) is 0 Å². The molecule has 0 saturated carbocycles. The second-order valence-electron chi connectivity index (χ2n) is 4.53. The normalized spacial score (nSPS) is 22.9. The summed E-state index contributed by atoms with van der Waals surface area (Å²) in [4.78, 5) is 24.2. The van der Waals surface area contributed by atoms with Gasteiger partial charge in [-0.15, -0.1) is 0 Å². The fraction of sp³-hybridized carbons (Fsp3) is 0.818. The minimum absolute atomic E-state index is 0.0176. The van der Waals surface area contributed by atoms with Gasteiger partial charge in [-0.1, -0.05) is 0 Å². The van der Waals surface area contributed by atoms with Gasteiger partial charge in [0.15, 0.2) is 0 Å². The van der Waals surface area contributed by atoms with Crippen molar-refractivity contribution < 1.29 is 14.7 Å². The average molecular weight is 228 g/mol. The minimum Gasteiger partial charge on any atom is -0.481 e. The Morgan fingerprint density at radius 2 is 2.25 bits per heavy atom. The lowest BCUT2D eigenvalue weighted by Crippen LogP contribution is -2.42. The molecule has 0 aromatic carbocycles. The maximum absolute atomic E-state index is 11.7.